The van der Waals surface area contributed by atoms with Crippen LogP contribution in [0.25, 0.3) is 0 Å². The second-order valence-electron chi connectivity index (χ2n) is 6.04. The smallest absolute Gasteiger partial charge is 0.191 e. The maximum Gasteiger partial charge on any atom is 0.191 e. The molecule has 0 saturated heterocycles. The van der Waals surface area contributed by atoms with Crippen LogP contribution in [0.1, 0.15) is 36.6 Å². The topological polar surface area (TPSA) is 67.4 Å². The van der Waals surface area contributed by atoms with E-state index in [1.54, 1.807) is 6.26 Å². The number of aromatic nitrogens is 2. The zero-order valence-electron chi connectivity index (χ0n) is 16.7. The Balaban J connectivity index is 0.00000364. The van der Waals surface area contributed by atoms with Gasteiger partial charge in [-0.25, -0.2) is 4.99 Å². The summed E-state index contributed by atoms with van der Waals surface area (Å²) in [5.41, 5.74) is 3.67. The van der Waals surface area contributed by atoms with Gasteiger partial charge in [0, 0.05) is 43.6 Å². The van der Waals surface area contributed by atoms with Gasteiger partial charge in [-0.2, -0.15) is 16.9 Å². The van der Waals surface area contributed by atoms with Crippen LogP contribution in [0, 0.1) is 0 Å². The van der Waals surface area contributed by atoms with Crippen LogP contribution >= 0.6 is 35.7 Å². The summed E-state index contributed by atoms with van der Waals surface area (Å²) in [6.07, 6.45) is 6.56. The number of nitrogens with one attached hydrogen (secondary N) is 2. The van der Waals surface area contributed by atoms with E-state index in [-0.39, 0.29) is 24.0 Å². The molecule has 2 aromatic rings. The molecule has 0 aromatic carbocycles. The molecule has 2 N–H and O–H groups in total. The van der Waals surface area contributed by atoms with Crippen LogP contribution in [0.5, 0.6) is 0 Å². The molecule has 0 aliphatic rings. The van der Waals surface area contributed by atoms with Crippen LogP contribution in [0.2, 0.25) is 0 Å². The van der Waals surface area contributed by atoms with Crippen molar-refractivity contribution in [3.05, 3.63) is 41.1 Å². The Labute approximate surface area is 184 Å². The number of aliphatic imine (C=N–C) groups is 1. The molecular formula is C19H32IN5OS. The molecule has 0 bridgehead atoms. The number of furan rings is 1. The van der Waals surface area contributed by atoms with Crippen LogP contribution in [0.15, 0.2) is 27.8 Å². The fourth-order valence-electron chi connectivity index (χ4n) is 2.94. The number of hydrogen-bond acceptors (Lipinski definition) is 4. The third-order valence-corrected chi connectivity index (χ3v) is 4.88. The normalized spacial score (nSPS) is 11.3. The van der Waals surface area contributed by atoms with Gasteiger partial charge in [0.2, 0.25) is 0 Å². The summed E-state index contributed by atoms with van der Waals surface area (Å²) in [5, 5.41) is 11.5. The molecule has 152 valence electrons. The van der Waals surface area contributed by atoms with Gasteiger partial charge in [-0.05, 0) is 31.2 Å². The molecule has 0 radical (unpaired) electrons. The first kappa shape index (κ1) is 23.9. The Bertz CT molecular complexity index is 685. The Kier molecular flexibility index (Phi) is 11.6. The number of thioether (sulfide) groups is 1. The van der Waals surface area contributed by atoms with E-state index in [1.807, 2.05) is 35.6 Å². The van der Waals surface area contributed by atoms with Crippen molar-refractivity contribution in [1.82, 2.24) is 20.4 Å². The first-order chi connectivity index (χ1) is 12.7. The Morgan fingerprint density at radius 2 is 2.04 bits per heavy atom. The largest absolute Gasteiger partial charge is 0.469 e. The van der Waals surface area contributed by atoms with E-state index < -0.39 is 0 Å². The van der Waals surface area contributed by atoms with Crippen molar-refractivity contribution in [2.75, 3.05) is 25.1 Å². The number of nitrogens with zero attached hydrogens (tertiary/aromatic N) is 3. The fraction of sp³-hybridized carbons (Fsp3) is 0.579. The van der Waals surface area contributed by atoms with Gasteiger partial charge in [-0.1, -0.05) is 13.8 Å². The van der Waals surface area contributed by atoms with Gasteiger partial charge in [0.1, 0.15) is 5.76 Å². The summed E-state index contributed by atoms with van der Waals surface area (Å²) in [6, 6.07) is 3.92. The summed E-state index contributed by atoms with van der Waals surface area (Å²) in [4.78, 5) is 4.82. The highest BCUT2D eigenvalue weighted by Crippen LogP contribution is 2.16. The molecule has 0 atom stereocenters. The van der Waals surface area contributed by atoms with Crippen LogP contribution in [-0.2, 0) is 32.9 Å². The number of aryl methyl sites for hydroxylation is 2. The molecule has 0 amide bonds. The monoisotopic (exact) mass is 505 g/mol. The van der Waals surface area contributed by atoms with Crippen molar-refractivity contribution < 1.29 is 4.42 Å². The number of rotatable bonds is 10. The summed E-state index contributed by atoms with van der Waals surface area (Å²) >= 11 is 1.82. The predicted octanol–water partition coefficient (Wildman–Crippen LogP) is 3.40. The molecule has 2 rings (SSSR count). The Morgan fingerprint density at radius 1 is 1.26 bits per heavy atom. The van der Waals surface area contributed by atoms with Gasteiger partial charge in [0.15, 0.2) is 5.96 Å². The third kappa shape index (κ3) is 7.40. The second-order valence-corrected chi connectivity index (χ2v) is 7.03. The van der Waals surface area contributed by atoms with Crippen molar-refractivity contribution in [2.24, 2.45) is 12.0 Å². The average Bonchev–Trinajstić information content (AvgIpc) is 3.26. The highest BCUT2D eigenvalue weighted by Gasteiger charge is 2.13. The molecule has 0 fully saturated rings. The van der Waals surface area contributed by atoms with Crippen LogP contribution in [0.4, 0.5) is 0 Å². The minimum absolute atomic E-state index is 0. The highest BCUT2D eigenvalue weighted by molar-refractivity contribution is 14.0. The van der Waals surface area contributed by atoms with E-state index >= 15 is 0 Å². The maximum absolute atomic E-state index is 5.39. The quantitative estimate of drug-likeness (QED) is 0.224. The number of hydrogen-bond donors (Lipinski definition) is 2. The lowest BCUT2D eigenvalue weighted by Crippen LogP contribution is -2.39. The summed E-state index contributed by atoms with van der Waals surface area (Å²) in [5.74, 6) is 2.87. The Hall–Kier alpha value is -1.16. The minimum atomic E-state index is 0. The molecule has 2 aromatic heterocycles. The van der Waals surface area contributed by atoms with E-state index in [0.29, 0.717) is 6.54 Å². The lowest BCUT2D eigenvalue weighted by Gasteiger charge is -2.12. The number of guanidine groups is 1. The first-order valence-electron chi connectivity index (χ1n) is 9.26. The predicted molar refractivity (Wildman–Crippen MR) is 125 cm³/mol. The lowest BCUT2D eigenvalue weighted by molar-refractivity contribution is 0.507. The van der Waals surface area contributed by atoms with Gasteiger partial charge >= 0.3 is 0 Å². The van der Waals surface area contributed by atoms with Crippen LogP contribution in [0.3, 0.4) is 0 Å². The van der Waals surface area contributed by atoms with E-state index in [0.717, 1.165) is 55.5 Å². The van der Waals surface area contributed by atoms with Gasteiger partial charge in [-0.15, -0.1) is 24.0 Å². The first-order valence-corrected chi connectivity index (χ1v) is 10.7. The van der Waals surface area contributed by atoms with Gasteiger partial charge < -0.3 is 15.1 Å². The van der Waals surface area contributed by atoms with Crippen molar-refractivity contribution >= 4 is 41.7 Å². The third-order valence-electron chi connectivity index (χ3n) is 4.27. The van der Waals surface area contributed by atoms with Crippen molar-refractivity contribution in [1.29, 1.82) is 0 Å². The SMILES string of the molecule is CCc1nn(C)c(CC)c1CN=C(NCCSC)NCCc1ccco1.I. The summed E-state index contributed by atoms with van der Waals surface area (Å²) in [6.45, 7) is 6.64. The van der Waals surface area contributed by atoms with Crippen molar-refractivity contribution in [2.45, 2.75) is 39.7 Å². The zero-order chi connectivity index (χ0) is 18.8. The van der Waals surface area contributed by atoms with E-state index in [2.05, 4.69) is 35.8 Å². The minimum Gasteiger partial charge on any atom is -0.469 e. The molecule has 0 aliphatic heterocycles. The standard InChI is InChI=1S/C19H31N5OS.HI/c1-5-17-16(18(6-2)24(3)23-17)14-22-19(21-11-13-26-4)20-10-9-15-8-7-12-25-15;/h7-8,12H,5-6,9-11,13-14H2,1-4H3,(H2,20,21,22);1H. The maximum atomic E-state index is 5.39. The molecule has 0 unspecified atom stereocenters. The van der Waals surface area contributed by atoms with E-state index in [9.17, 15) is 0 Å². The second kappa shape index (κ2) is 13.1. The van der Waals surface area contributed by atoms with Crippen molar-refractivity contribution in [3.8, 4) is 0 Å². The number of halogens is 1. The Morgan fingerprint density at radius 3 is 2.67 bits per heavy atom. The summed E-state index contributed by atoms with van der Waals surface area (Å²) < 4.78 is 7.39. The van der Waals surface area contributed by atoms with Crippen LogP contribution in [-0.4, -0.2) is 40.8 Å². The van der Waals surface area contributed by atoms with E-state index in [1.165, 1.54) is 11.3 Å². The molecule has 8 heteroatoms. The van der Waals surface area contributed by atoms with Crippen molar-refractivity contribution in [3.63, 3.8) is 0 Å². The van der Waals surface area contributed by atoms with Gasteiger partial charge in [0.25, 0.3) is 0 Å². The average molecular weight is 505 g/mol. The molecule has 6 nitrogen and oxygen atoms in total. The lowest BCUT2D eigenvalue weighted by atomic mass is 10.1. The summed E-state index contributed by atoms with van der Waals surface area (Å²) in [7, 11) is 2.02. The highest BCUT2D eigenvalue weighted by atomic mass is 127. The van der Waals surface area contributed by atoms with Gasteiger partial charge in [-0.3, -0.25) is 4.68 Å². The van der Waals surface area contributed by atoms with E-state index in [4.69, 9.17) is 9.41 Å². The zero-order valence-corrected chi connectivity index (χ0v) is 19.9. The molecule has 0 spiro atoms. The molecule has 0 saturated carbocycles. The van der Waals surface area contributed by atoms with Gasteiger partial charge in [0.05, 0.1) is 18.5 Å². The molecule has 27 heavy (non-hydrogen) atoms. The molecule has 0 aliphatic carbocycles. The molecular weight excluding hydrogens is 473 g/mol. The molecule has 2 heterocycles. The van der Waals surface area contributed by atoms with Crippen LogP contribution < -0.4 is 10.6 Å². The fourth-order valence-corrected chi connectivity index (χ4v) is 3.24.